The largest absolute Gasteiger partial charge is 0.356 e. The van der Waals surface area contributed by atoms with Crippen molar-refractivity contribution in [2.75, 3.05) is 26.2 Å². The molecule has 1 aromatic rings. The lowest BCUT2D eigenvalue weighted by atomic mass is 9.97. The molecule has 3 amide bonds. The van der Waals surface area contributed by atoms with E-state index in [1.54, 1.807) is 11.0 Å². The van der Waals surface area contributed by atoms with Gasteiger partial charge in [-0.25, -0.2) is 0 Å². The highest BCUT2D eigenvalue weighted by molar-refractivity contribution is 7.13. The summed E-state index contributed by atoms with van der Waals surface area (Å²) in [6, 6.07) is 3.64. The second kappa shape index (κ2) is 8.82. The zero-order chi connectivity index (χ0) is 17.5. The van der Waals surface area contributed by atoms with Crippen molar-refractivity contribution >= 4 is 29.1 Å². The van der Waals surface area contributed by atoms with Gasteiger partial charge in [0.2, 0.25) is 11.8 Å². The van der Waals surface area contributed by atoms with Gasteiger partial charge in [-0.15, -0.1) is 11.3 Å². The molecule has 132 valence electrons. The SMILES string of the molecule is CCCNC(=O)C1CCCN(C(=O)CNC(=O)c2ccc(C)s2)C1. The van der Waals surface area contributed by atoms with Crippen molar-refractivity contribution < 1.29 is 14.4 Å². The molecule has 0 saturated carbocycles. The van der Waals surface area contributed by atoms with Crippen LogP contribution in [0, 0.1) is 12.8 Å². The van der Waals surface area contributed by atoms with Crippen LogP contribution in [0.3, 0.4) is 0 Å². The lowest BCUT2D eigenvalue weighted by molar-refractivity contribution is -0.134. The van der Waals surface area contributed by atoms with Crippen LogP contribution in [0.15, 0.2) is 12.1 Å². The van der Waals surface area contributed by atoms with Crippen LogP contribution in [0.4, 0.5) is 0 Å². The van der Waals surface area contributed by atoms with E-state index in [4.69, 9.17) is 0 Å². The van der Waals surface area contributed by atoms with Crippen LogP contribution in [0.1, 0.15) is 40.7 Å². The molecule has 1 saturated heterocycles. The van der Waals surface area contributed by atoms with Crippen molar-refractivity contribution in [3.8, 4) is 0 Å². The van der Waals surface area contributed by atoms with Gasteiger partial charge in [-0.3, -0.25) is 14.4 Å². The van der Waals surface area contributed by atoms with E-state index in [9.17, 15) is 14.4 Å². The molecule has 1 unspecified atom stereocenters. The number of aryl methyl sites for hydroxylation is 1. The third-order valence-electron chi connectivity index (χ3n) is 4.06. The average Bonchev–Trinajstić information content (AvgIpc) is 3.03. The number of thiophene rings is 1. The third-order valence-corrected chi connectivity index (χ3v) is 5.06. The van der Waals surface area contributed by atoms with Crippen LogP contribution in [0.2, 0.25) is 0 Å². The Hall–Kier alpha value is -1.89. The Morgan fingerprint density at radius 3 is 2.75 bits per heavy atom. The Labute approximate surface area is 146 Å². The van der Waals surface area contributed by atoms with Gasteiger partial charge in [-0.05, 0) is 38.3 Å². The predicted molar refractivity (Wildman–Crippen MR) is 94.0 cm³/mol. The van der Waals surface area contributed by atoms with Gasteiger partial charge < -0.3 is 15.5 Å². The number of nitrogens with one attached hydrogen (secondary N) is 2. The zero-order valence-electron chi connectivity index (χ0n) is 14.3. The summed E-state index contributed by atoms with van der Waals surface area (Å²) in [6.07, 6.45) is 2.52. The van der Waals surface area contributed by atoms with E-state index in [1.807, 2.05) is 19.9 Å². The first-order valence-corrected chi connectivity index (χ1v) is 9.23. The quantitative estimate of drug-likeness (QED) is 0.816. The number of hydrogen-bond acceptors (Lipinski definition) is 4. The first kappa shape index (κ1) is 18.4. The minimum atomic E-state index is -0.226. The molecule has 24 heavy (non-hydrogen) atoms. The van der Waals surface area contributed by atoms with Gasteiger partial charge in [-0.1, -0.05) is 6.92 Å². The zero-order valence-corrected chi connectivity index (χ0v) is 15.1. The fourth-order valence-corrected chi connectivity index (χ4v) is 3.51. The molecule has 1 fully saturated rings. The van der Waals surface area contributed by atoms with Crippen molar-refractivity contribution in [1.29, 1.82) is 0 Å². The van der Waals surface area contributed by atoms with E-state index in [0.717, 1.165) is 24.1 Å². The van der Waals surface area contributed by atoms with E-state index in [0.29, 0.717) is 24.5 Å². The predicted octanol–water partition coefficient (Wildman–Crippen LogP) is 1.55. The summed E-state index contributed by atoms with van der Waals surface area (Å²) in [5.41, 5.74) is 0. The highest BCUT2D eigenvalue weighted by Gasteiger charge is 2.28. The summed E-state index contributed by atoms with van der Waals surface area (Å²) in [5, 5.41) is 5.56. The van der Waals surface area contributed by atoms with Gasteiger partial charge in [0.25, 0.3) is 5.91 Å². The molecule has 1 aromatic heterocycles. The van der Waals surface area contributed by atoms with Crippen LogP contribution in [0.25, 0.3) is 0 Å². The topological polar surface area (TPSA) is 78.5 Å². The Bertz CT molecular complexity index is 600. The number of carbonyl (C=O) groups excluding carboxylic acids is 3. The van der Waals surface area contributed by atoms with Gasteiger partial charge in [0.1, 0.15) is 0 Å². The van der Waals surface area contributed by atoms with Crippen molar-refractivity contribution in [1.82, 2.24) is 15.5 Å². The summed E-state index contributed by atoms with van der Waals surface area (Å²) in [4.78, 5) is 39.7. The molecule has 6 nitrogen and oxygen atoms in total. The van der Waals surface area contributed by atoms with Crippen LogP contribution < -0.4 is 10.6 Å². The summed E-state index contributed by atoms with van der Waals surface area (Å²) < 4.78 is 0. The van der Waals surface area contributed by atoms with Crippen molar-refractivity contribution in [2.24, 2.45) is 5.92 Å². The van der Waals surface area contributed by atoms with Gasteiger partial charge in [0, 0.05) is 24.5 Å². The molecular formula is C17H25N3O3S. The number of piperidine rings is 1. The Balaban J connectivity index is 1.81. The van der Waals surface area contributed by atoms with Gasteiger partial charge >= 0.3 is 0 Å². The number of carbonyl (C=O) groups is 3. The first-order valence-electron chi connectivity index (χ1n) is 8.41. The number of rotatable bonds is 6. The van der Waals surface area contributed by atoms with Gasteiger partial charge in [0.15, 0.2) is 0 Å². The van der Waals surface area contributed by atoms with E-state index in [1.165, 1.54) is 11.3 Å². The lowest BCUT2D eigenvalue weighted by Crippen LogP contribution is -2.48. The molecule has 0 aliphatic carbocycles. The summed E-state index contributed by atoms with van der Waals surface area (Å²) in [6.45, 7) is 5.66. The van der Waals surface area contributed by atoms with E-state index >= 15 is 0 Å². The number of likely N-dealkylation sites (tertiary alicyclic amines) is 1. The highest BCUT2D eigenvalue weighted by atomic mass is 32.1. The normalized spacial score (nSPS) is 17.4. The Morgan fingerprint density at radius 1 is 1.29 bits per heavy atom. The fraction of sp³-hybridized carbons (Fsp3) is 0.588. The van der Waals surface area contributed by atoms with Crippen molar-refractivity contribution in [2.45, 2.75) is 33.1 Å². The minimum Gasteiger partial charge on any atom is -0.356 e. The molecule has 1 aliphatic heterocycles. The van der Waals surface area contributed by atoms with Crippen LogP contribution in [0.5, 0.6) is 0 Å². The summed E-state index contributed by atoms with van der Waals surface area (Å²) in [5.74, 6) is -0.488. The Kier molecular flexibility index (Phi) is 6.78. The second-order valence-electron chi connectivity index (χ2n) is 6.06. The molecule has 7 heteroatoms. The van der Waals surface area contributed by atoms with E-state index < -0.39 is 0 Å². The van der Waals surface area contributed by atoms with Crippen molar-refractivity contribution in [3.63, 3.8) is 0 Å². The second-order valence-corrected chi connectivity index (χ2v) is 7.35. The minimum absolute atomic E-state index is 0.0208. The van der Waals surface area contributed by atoms with Crippen LogP contribution >= 0.6 is 11.3 Å². The monoisotopic (exact) mass is 351 g/mol. The maximum absolute atomic E-state index is 12.3. The summed E-state index contributed by atoms with van der Waals surface area (Å²) >= 11 is 1.41. The average molecular weight is 351 g/mol. The van der Waals surface area contributed by atoms with Gasteiger partial charge in [-0.2, -0.15) is 0 Å². The van der Waals surface area contributed by atoms with E-state index in [2.05, 4.69) is 10.6 Å². The molecule has 2 heterocycles. The first-order chi connectivity index (χ1) is 11.5. The third kappa shape index (κ3) is 5.06. The van der Waals surface area contributed by atoms with Gasteiger partial charge in [0.05, 0.1) is 17.3 Å². The fourth-order valence-electron chi connectivity index (χ4n) is 2.72. The van der Waals surface area contributed by atoms with Crippen LogP contribution in [-0.4, -0.2) is 48.8 Å². The van der Waals surface area contributed by atoms with Crippen LogP contribution in [-0.2, 0) is 9.59 Å². The molecule has 2 N–H and O–H groups in total. The number of hydrogen-bond donors (Lipinski definition) is 2. The molecule has 0 spiro atoms. The molecule has 1 atom stereocenters. The van der Waals surface area contributed by atoms with Crippen molar-refractivity contribution in [3.05, 3.63) is 21.9 Å². The molecule has 2 rings (SSSR count). The highest BCUT2D eigenvalue weighted by Crippen LogP contribution is 2.17. The molecular weight excluding hydrogens is 326 g/mol. The molecule has 0 radical (unpaired) electrons. The van der Waals surface area contributed by atoms with E-state index in [-0.39, 0.29) is 30.2 Å². The number of amides is 3. The molecule has 1 aliphatic rings. The smallest absolute Gasteiger partial charge is 0.261 e. The standard InChI is InChI=1S/C17H25N3O3S/c1-3-8-18-16(22)13-5-4-9-20(11-13)15(21)10-19-17(23)14-7-6-12(2)24-14/h6-7,13H,3-5,8-11H2,1-2H3,(H,18,22)(H,19,23). The Morgan fingerprint density at radius 2 is 2.08 bits per heavy atom. The molecule has 0 bridgehead atoms. The molecule has 0 aromatic carbocycles. The maximum atomic E-state index is 12.3. The summed E-state index contributed by atoms with van der Waals surface area (Å²) in [7, 11) is 0. The maximum Gasteiger partial charge on any atom is 0.261 e. The number of nitrogens with zero attached hydrogens (tertiary/aromatic N) is 1. The lowest BCUT2D eigenvalue weighted by Gasteiger charge is -2.32.